The monoisotopic (exact) mass is 412 g/mol. The first-order valence-electron chi connectivity index (χ1n) is 8.77. The van der Waals surface area contributed by atoms with Crippen molar-refractivity contribution in [3.8, 4) is 0 Å². The molecule has 4 rings (SSSR count). The normalized spacial score (nSPS) is 17.7. The lowest BCUT2D eigenvalue weighted by molar-refractivity contribution is -0.0229. The highest BCUT2D eigenvalue weighted by Gasteiger charge is 2.27. The van der Waals surface area contributed by atoms with Crippen LogP contribution in [0.15, 0.2) is 46.9 Å². The van der Waals surface area contributed by atoms with Crippen molar-refractivity contribution in [3.63, 3.8) is 0 Å². The van der Waals surface area contributed by atoms with Crippen LogP contribution in [0.2, 0.25) is 0 Å². The number of carbonyl (C=O) groups is 1. The Balaban J connectivity index is 1.57. The first kappa shape index (κ1) is 17.3. The molecule has 1 N–H and O–H groups in total. The number of benzene rings is 2. The number of nitrogens with zero attached hydrogens (tertiary/aromatic N) is 1. The number of hydrogen-bond acceptors (Lipinski definition) is 2. The third-order valence-corrected chi connectivity index (χ3v) is 5.44. The summed E-state index contributed by atoms with van der Waals surface area (Å²) in [6.07, 6.45) is -0.0887. The Kier molecular flexibility index (Phi) is 4.59. The molecule has 1 atom stereocenters. The van der Waals surface area contributed by atoms with Gasteiger partial charge >= 0.3 is 0 Å². The highest BCUT2D eigenvalue weighted by Crippen LogP contribution is 2.26. The number of nitrogens with one attached hydrogen (secondary N) is 1. The molecule has 5 heteroatoms. The van der Waals surface area contributed by atoms with Crippen molar-refractivity contribution in [2.75, 3.05) is 19.7 Å². The fourth-order valence-electron chi connectivity index (χ4n) is 3.60. The Hall–Kier alpha value is -2.11. The van der Waals surface area contributed by atoms with Crippen molar-refractivity contribution in [1.29, 1.82) is 0 Å². The molecule has 2 aromatic carbocycles. The zero-order chi connectivity index (χ0) is 18.3. The molecule has 1 amide bonds. The van der Waals surface area contributed by atoms with Gasteiger partial charge in [0, 0.05) is 21.9 Å². The summed E-state index contributed by atoms with van der Waals surface area (Å²) in [4.78, 5) is 18.2. The molecule has 1 aliphatic rings. The van der Waals surface area contributed by atoms with Crippen LogP contribution in [-0.2, 0) is 4.74 Å². The van der Waals surface area contributed by atoms with Gasteiger partial charge in [0.05, 0.1) is 13.2 Å². The predicted octanol–water partition coefficient (Wildman–Crippen LogP) is 4.76. The molecule has 1 aromatic heterocycles. The molecule has 0 aliphatic carbocycles. The summed E-state index contributed by atoms with van der Waals surface area (Å²) in [5.74, 6) is 0.0312. The molecular formula is C21H21BrN2O2. The number of hydrogen-bond donors (Lipinski definition) is 1. The number of carbonyl (C=O) groups excluding carboxylic acids is 1. The maximum Gasteiger partial charge on any atom is 0.270 e. The average Bonchev–Trinajstić information content (AvgIpc) is 3.06. The van der Waals surface area contributed by atoms with Crippen LogP contribution in [0.25, 0.3) is 10.9 Å². The number of morpholine rings is 1. The molecule has 4 nitrogen and oxygen atoms in total. The molecule has 1 fully saturated rings. The van der Waals surface area contributed by atoms with E-state index in [1.165, 1.54) is 11.1 Å². The van der Waals surface area contributed by atoms with E-state index in [4.69, 9.17) is 4.74 Å². The highest BCUT2D eigenvalue weighted by atomic mass is 79.9. The molecule has 0 spiro atoms. The van der Waals surface area contributed by atoms with Crippen molar-refractivity contribution in [3.05, 3.63) is 69.3 Å². The zero-order valence-electron chi connectivity index (χ0n) is 14.9. The van der Waals surface area contributed by atoms with Gasteiger partial charge in [-0.2, -0.15) is 0 Å². The molecule has 0 saturated carbocycles. The van der Waals surface area contributed by atoms with Crippen molar-refractivity contribution < 1.29 is 9.53 Å². The predicted molar refractivity (Wildman–Crippen MR) is 107 cm³/mol. The second-order valence-corrected chi connectivity index (χ2v) is 7.80. The Morgan fingerprint density at radius 3 is 2.73 bits per heavy atom. The van der Waals surface area contributed by atoms with Gasteiger partial charge in [0.25, 0.3) is 5.91 Å². The van der Waals surface area contributed by atoms with E-state index in [1.807, 2.05) is 35.2 Å². The quantitative estimate of drug-likeness (QED) is 0.659. The topological polar surface area (TPSA) is 45.3 Å². The van der Waals surface area contributed by atoms with Gasteiger partial charge in [0.2, 0.25) is 0 Å². The third-order valence-electron chi connectivity index (χ3n) is 4.92. The Bertz CT molecular complexity index is 962. The van der Waals surface area contributed by atoms with E-state index in [0.29, 0.717) is 25.4 Å². The number of fused-ring (bicyclic) bond motifs is 1. The lowest BCUT2D eigenvalue weighted by Crippen LogP contribution is -2.42. The van der Waals surface area contributed by atoms with Crippen molar-refractivity contribution in [2.24, 2.45) is 0 Å². The molecule has 26 heavy (non-hydrogen) atoms. The zero-order valence-corrected chi connectivity index (χ0v) is 16.5. The van der Waals surface area contributed by atoms with Gasteiger partial charge in [-0.3, -0.25) is 4.79 Å². The summed E-state index contributed by atoms with van der Waals surface area (Å²) in [5, 5.41) is 1.11. The largest absolute Gasteiger partial charge is 0.370 e. The molecule has 3 aromatic rings. The van der Waals surface area contributed by atoms with Gasteiger partial charge < -0.3 is 14.6 Å². The summed E-state index contributed by atoms with van der Waals surface area (Å²) in [5.41, 5.74) is 5.13. The number of halogens is 1. The lowest BCUT2D eigenvalue weighted by Gasteiger charge is -2.33. The summed E-state index contributed by atoms with van der Waals surface area (Å²) in [6, 6.07) is 14.3. The fourth-order valence-corrected chi connectivity index (χ4v) is 3.86. The third kappa shape index (κ3) is 3.29. The van der Waals surface area contributed by atoms with E-state index < -0.39 is 0 Å². The minimum absolute atomic E-state index is 0.0312. The molecule has 1 unspecified atom stereocenters. The van der Waals surface area contributed by atoms with Crippen LogP contribution in [0.3, 0.4) is 0 Å². The Morgan fingerprint density at radius 1 is 1.19 bits per heavy atom. The van der Waals surface area contributed by atoms with Crippen LogP contribution in [-0.4, -0.2) is 35.5 Å². The van der Waals surface area contributed by atoms with Gasteiger partial charge in [0.1, 0.15) is 11.8 Å². The van der Waals surface area contributed by atoms with Gasteiger partial charge in [-0.25, -0.2) is 0 Å². The standard InChI is InChI=1S/C21H21BrN2O2/c1-13-9-14(2)17-11-19(23-18(17)10-13)21(25)24-7-8-26-20(12-24)15-3-5-16(22)6-4-15/h3-6,9-11,20,23H,7-8,12H2,1-2H3. The smallest absolute Gasteiger partial charge is 0.270 e. The van der Waals surface area contributed by atoms with E-state index in [0.717, 1.165) is 20.9 Å². The van der Waals surface area contributed by atoms with Gasteiger partial charge in [-0.05, 0) is 54.8 Å². The van der Waals surface area contributed by atoms with E-state index in [1.54, 1.807) is 0 Å². The molecular weight excluding hydrogens is 392 g/mol. The second kappa shape index (κ2) is 6.89. The van der Waals surface area contributed by atoms with E-state index in [-0.39, 0.29) is 12.0 Å². The lowest BCUT2D eigenvalue weighted by atomic mass is 10.1. The number of amides is 1. The molecule has 0 bridgehead atoms. The van der Waals surface area contributed by atoms with Gasteiger partial charge in [-0.1, -0.05) is 34.1 Å². The Morgan fingerprint density at radius 2 is 1.96 bits per heavy atom. The van der Waals surface area contributed by atoms with Crippen molar-refractivity contribution >= 4 is 32.7 Å². The van der Waals surface area contributed by atoms with Crippen LogP contribution in [0, 0.1) is 13.8 Å². The van der Waals surface area contributed by atoms with Crippen LogP contribution in [0.4, 0.5) is 0 Å². The first-order chi connectivity index (χ1) is 12.5. The number of H-pyrrole nitrogens is 1. The molecule has 134 valence electrons. The minimum Gasteiger partial charge on any atom is -0.370 e. The fraction of sp³-hybridized carbons (Fsp3) is 0.286. The number of rotatable bonds is 2. The maximum absolute atomic E-state index is 13.0. The number of aromatic amines is 1. The van der Waals surface area contributed by atoms with Crippen LogP contribution < -0.4 is 0 Å². The molecule has 1 aliphatic heterocycles. The summed E-state index contributed by atoms with van der Waals surface area (Å²) in [6.45, 7) is 5.87. The van der Waals surface area contributed by atoms with Gasteiger partial charge in [-0.15, -0.1) is 0 Å². The van der Waals surface area contributed by atoms with E-state index in [2.05, 4.69) is 46.9 Å². The van der Waals surface area contributed by atoms with E-state index >= 15 is 0 Å². The summed E-state index contributed by atoms with van der Waals surface area (Å²) < 4.78 is 6.93. The van der Waals surface area contributed by atoms with Crippen LogP contribution >= 0.6 is 15.9 Å². The highest BCUT2D eigenvalue weighted by molar-refractivity contribution is 9.10. The van der Waals surface area contributed by atoms with Gasteiger partial charge in [0.15, 0.2) is 0 Å². The SMILES string of the molecule is Cc1cc(C)c2cc(C(=O)N3CCOC(c4ccc(Br)cc4)C3)[nH]c2c1. The summed E-state index contributed by atoms with van der Waals surface area (Å²) in [7, 11) is 0. The maximum atomic E-state index is 13.0. The average molecular weight is 413 g/mol. The van der Waals surface area contributed by atoms with Crippen LogP contribution in [0.1, 0.15) is 33.3 Å². The molecule has 2 heterocycles. The van der Waals surface area contributed by atoms with E-state index in [9.17, 15) is 4.79 Å². The first-order valence-corrected chi connectivity index (χ1v) is 9.57. The van der Waals surface area contributed by atoms with Crippen molar-refractivity contribution in [2.45, 2.75) is 20.0 Å². The van der Waals surface area contributed by atoms with Crippen molar-refractivity contribution in [1.82, 2.24) is 9.88 Å². The number of aromatic nitrogens is 1. The molecule has 0 radical (unpaired) electrons. The second-order valence-electron chi connectivity index (χ2n) is 6.89. The number of ether oxygens (including phenoxy) is 1. The Labute approximate surface area is 161 Å². The minimum atomic E-state index is -0.0887. The number of aryl methyl sites for hydroxylation is 2. The summed E-state index contributed by atoms with van der Waals surface area (Å²) >= 11 is 3.45. The molecule has 1 saturated heterocycles. The van der Waals surface area contributed by atoms with Crippen LogP contribution in [0.5, 0.6) is 0 Å².